The largest absolute Gasteiger partial charge is 0.493 e. The van der Waals surface area contributed by atoms with Crippen molar-refractivity contribution < 1.29 is 14.6 Å². The lowest BCUT2D eigenvalue weighted by Gasteiger charge is -2.12. The summed E-state index contributed by atoms with van der Waals surface area (Å²) in [6.45, 7) is 4.61. The number of hydrogen-bond acceptors (Lipinski definition) is 3. The van der Waals surface area contributed by atoms with Crippen molar-refractivity contribution in [2.45, 2.75) is 39.2 Å². The Kier molecular flexibility index (Phi) is 5.84. The molecule has 0 radical (unpaired) electrons. The second-order valence-electron chi connectivity index (χ2n) is 4.24. The van der Waals surface area contributed by atoms with E-state index in [2.05, 4.69) is 6.92 Å². The molecule has 1 aromatic rings. The van der Waals surface area contributed by atoms with Gasteiger partial charge in [0.25, 0.3) is 0 Å². The van der Waals surface area contributed by atoms with Crippen LogP contribution >= 0.6 is 0 Å². The van der Waals surface area contributed by atoms with Crippen LogP contribution in [-0.2, 0) is 6.42 Å². The molecule has 3 heteroatoms. The van der Waals surface area contributed by atoms with Crippen LogP contribution in [0.25, 0.3) is 0 Å². The molecular formula is C14H22O3. The summed E-state index contributed by atoms with van der Waals surface area (Å²) < 4.78 is 10.9. The van der Waals surface area contributed by atoms with Crippen LogP contribution in [0.3, 0.4) is 0 Å². The maximum atomic E-state index is 9.37. The number of methoxy groups -OCH3 is 1. The summed E-state index contributed by atoms with van der Waals surface area (Å²) in [5.74, 6) is 1.51. The van der Waals surface area contributed by atoms with Crippen molar-refractivity contribution in [1.82, 2.24) is 0 Å². The van der Waals surface area contributed by atoms with Crippen LogP contribution in [0, 0.1) is 0 Å². The third kappa shape index (κ3) is 4.65. The SMILES string of the molecule is CCCCOc1cc(CC(C)O)ccc1OC. The third-order valence-corrected chi connectivity index (χ3v) is 2.51. The quantitative estimate of drug-likeness (QED) is 0.742. The summed E-state index contributed by atoms with van der Waals surface area (Å²) in [7, 11) is 1.64. The van der Waals surface area contributed by atoms with Crippen molar-refractivity contribution in [3.05, 3.63) is 23.8 Å². The van der Waals surface area contributed by atoms with Gasteiger partial charge in [-0.1, -0.05) is 19.4 Å². The van der Waals surface area contributed by atoms with Gasteiger partial charge in [-0.2, -0.15) is 0 Å². The molecule has 0 amide bonds. The van der Waals surface area contributed by atoms with Gasteiger partial charge in [-0.25, -0.2) is 0 Å². The van der Waals surface area contributed by atoms with Crippen molar-refractivity contribution in [3.63, 3.8) is 0 Å². The Labute approximate surface area is 103 Å². The van der Waals surface area contributed by atoms with Gasteiger partial charge in [0, 0.05) is 0 Å². The van der Waals surface area contributed by atoms with Crippen LogP contribution in [0.1, 0.15) is 32.3 Å². The minimum atomic E-state index is -0.341. The average molecular weight is 238 g/mol. The Hall–Kier alpha value is -1.22. The highest BCUT2D eigenvalue weighted by molar-refractivity contribution is 5.43. The number of hydrogen-bond donors (Lipinski definition) is 1. The number of benzene rings is 1. The second-order valence-corrected chi connectivity index (χ2v) is 4.24. The Morgan fingerprint density at radius 2 is 2.06 bits per heavy atom. The number of aliphatic hydroxyl groups excluding tert-OH is 1. The zero-order valence-corrected chi connectivity index (χ0v) is 10.9. The van der Waals surface area contributed by atoms with Crippen LogP contribution in [0.2, 0.25) is 0 Å². The maximum absolute atomic E-state index is 9.37. The van der Waals surface area contributed by atoms with E-state index >= 15 is 0 Å². The summed E-state index contributed by atoms with van der Waals surface area (Å²) >= 11 is 0. The van der Waals surface area contributed by atoms with Crippen LogP contribution in [0.4, 0.5) is 0 Å². The van der Waals surface area contributed by atoms with Crippen LogP contribution < -0.4 is 9.47 Å². The number of unbranched alkanes of at least 4 members (excludes halogenated alkanes) is 1. The molecule has 0 aliphatic heterocycles. The molecule has 1 atom stereocenters. The lowest BCUT2D eigenvalue weighted by molar-refractivity contribution is 0.195. The predicted molar refractivity (Wildman–Crippen MR) is 68.8 cm³/mol. The van der Waals surface area contributed by atoms with Crippen LogP contribution in [-0.4, -0.2) is 24.9 Å². The predicted octanol–water partition coefficient (Wildman–Crippen LogP) is 2.80. The molecule has 0 aliphatic rings. The van der Waals surface area contributed by atoms with Crippen molar-refractivity contribution >= 4 is 0 Å². The number of rotatable bonds is 7. The van der Waals surface area contributed by atoms with Gasteiger partial charge in [-0.3, -0.25) is 0 Å². The zero-order valence-electron chi connectivity index (χ0n) is 10.9. The molecule has 0 aromatic heterocycles. The van der Waals surface area contributed by atoms with E-state index in [-0.39, 0.29) is 6.10 Å². The van der Waals surface area contributed by atoms with Crippen molar-refractivity contribution in [2.24, 2.45) is 0 Å². The highest BCUT2D eigenvalue weighted by Gasteiger charge is 2.07. The summed E-state index contributed by atoms with van der Waals surface area (Å²) in [6, 6.07) is 5.79. The topological polar surface area (TPSA) is 38.7 Å². The number of ether oxygens (including phenoxy) is 2. The van der Waals surface area contributed by atoms with Gasteiger partial charge in [-0.15, -0.1) is 0 Å². The second kappa shape index (κ2) is 7.17. The molecule has 17 heavy (non-hydrogen) atoms. The minimum Gasteiger partial charge on any atom is -0.493 e. The highest BCUT2D eigenvalue weighted by Crippen LogP contribution is 2.28. The fourth-order valence-corrected chi connectivity index (χ4v) is 1.63. The molecule has 1 rings (SSSR count). The monoisotopic (exact) mass is 238 g/mol. The summed E-state index contributed by atoms with van der Waals surface area (Å²) in [5, 5.41) is 9.37. The fourth-order valence-electron chi connectivity index (χ4n) is 1.63. The van der Waals surface area contributed by atoms with Crippen molar-refractivity contribution in [3.8, 4) is 11.5 Å². The Balaban J connectivity index is 2.75. The van der Waals surface area contributed by atoms with Crippen LogP contribution in [0.5, 0.6) is 11.5 Å². The molecule has 0 heterocycles. The van der Waals surface area contributed by atoms with Crippen molar-refractivity contribution in [2.75, 3.05) is 13.7 Å². The van der Waals surface area contributed by atoms with E-state index in [0.29, 0.717) is 13.0 Å². The van der Waals surface area contributed by atoms with E-state index in [1.54, 1.807) is 14.0 Å². The Bertz CT molecular complexity index is 334. The Morgan fingerprint density at radius 1 is 1.29 bits per heavy atom. The molecular weight excluding hydrogens is 216 g/mol. The number of aliphatic hydroxyl groups is 1. The summed E-state index contributed by atoms with van der Waals surface area (Å²) in [6.07, 6.45) is 2.43. The summed E-state index contributed by atoms with van der Waals surface area (Å²) in [4.78, 5) is 0. The van der Waals surface area contributed by atoms with Gasteiger partial charge in [-0.05, 0) is 37.5 Å². The maximum Gasteiger partial charge on any atom is 0.161 e. The molecule has 1 aromatic carbocycles. The van der Waals surface area contributed by atoms with Gasteiger partial charge < -0.3 is 14.6 Å². The molecule has 3 nitrogen and oxygen atoms in total. The first-order chi connectivity index (χ1) is 8.17. The smallest absolute Gasteiger partial charge is 0.161 e. The molecule has 0 spiro atoms. The average Bonchev–Trinajstić information content (AvgIpc) is 2.29. The van der Waals surface area contributed by atoms with E-state index < -0.39 is 0 Å². The lowest BCUT2D eigenvalue weighted by Crippen LogP contribution is -2.05. The van der Waals surface area contributed by atoms with Gasteiger partial charge in [0.2, 0.25) is 0 Å². The van der Waals surface area contributed by atoms with Gasteiger partial charge >= 0.3 is 0 Å². The van der Waals surface area contributed by atoms with Gasteiger partial charge in [0.05, 0.1) is 19.8 Å². The van der Waals surface area contributed by atoms with E-state index in [1.807, 2.05) is 18.2 Å². The standard InChI is InChI=1S/C14H22O3/c1-4-5-8-17-14-10-12(9-11(2)15)6-7-13(14)16-3/h6-7,10-11,15H,4-5,8-9H2,1-3H3. The van der Waals surface area contributed by atoms with E-state index in [9.17, 15) is 5.11 Å². The zero-order chi connectivity index (χ0) is 12.7. The molecule has 0 fully saturated rings. The fraction of sp³-hybridized carbons (Fsp3) is 0.571. The molecule has 0 saturated heterocycles. The molecule has 0 saturated carbocycles. The lowest BCUT2D eigenvalue weighted by atomic mass is 10.1. The first kappa shape index (κ1) is 13.8. The summed E-state index contributed by atoms with van der Waals surface area (Å²) in [5.41, 5.74) is 1.06. The molecule has 0 aliphatic carbocycles. The first-order valence-corrected chi connectivity index (χ1v) is 6.15. The Morgan fingerprint density at radius 3 is 2.65 bits per heavy atom. The van der Waals surface area contributed by atoms with E-state index in [1.165, 1.54) is 0 Å². The van der Waals surface area contributed by atoms with E-state index in [4.69, 9.17) is 9.47 Å². The normalized spacial score (nSPS) is 12.2. The van der Waals surface area contributed by atoms with Gasteiger partial charge in [0.15, 0.2) is 11.5 Å². The van der Waals surface area contributed by atoms with Gasteiger partial charge in [0.1, 0.15) is 0 Å². The molecule has 96 valence electrons. The minimum absolute atomic E-state index is 0.341. The molecule has 1 unspecified atom stereocenters. The highest BCUT2D eigenvalue weighted by atomic mass is 16.5. The molecule has 1 N–H and O–H groups in total. The molecule has 0 bridgehead atoms. The van der Waals surface area contributed by atoms with Crippen molar-refractivity contribution in [1.29, 1.82) is 0 Å². The van der Waals surface area contributed by atoms with Crippen LogP contribution in [0.15, 0.2) is 18.2 Å². The third-order valence-electron chi connectivity index (χ3n) is 2.51. The van der Waals surface area contributed by atoms with E-state index in [0.717, 1.165) is 29.9 Å². The first-order valence-electron chi connectivity index (χ1n) is 6.15.